The van der Waals surface area contributed by atoms with Crippen molar-refractivity contribution < 1.29 is 4.79 Å². The molecule has 3 atom stereocenters. The van der Waals surface area contributed by atoms with Gasteiger partial charge in [-0.3, -0.25) is 4.79 Å². The lowest BCUT2D eigenvalue weighted by Gasteiger charge is -2.35. The predicted molar refractivity (Wildman–Crippen MR) is 90.3 cm³/mol. The van der Waals surface area contributed by atoms with Gasteiger partial charge in [-0.25, -0.2) is 0 Å². The fourth-order valence-electron chi connectivity index (χ4n) is 2.96. The summed E-state index contributed by atoms with van der Waals surface area (Å²) in [6, 6.07) is 15.4. The molecule has 3 rings (SSSR count). The number of ketones is 1. The van der Waals surface area contributed by atoms with Gasteiger partial charge in [-0.2, -0.15) is 0 Å². The van der Waals surface area contributed by atoms with Gasteiger partial charge >= 0.3 is 0 Å². The topological polar surface area (TPSA) is 29.1 Å². The third-order valence-corrected chi connectivity index (χ3v) is 4.80. The summed E-state index contributed by atoms with van der Waals surface area (Å²) in [5.74, 6) is 0.225. The Hall–Kier alpha value is -1.35. The molecular formula is C18H17Cl2NO. The largest absolute Gasteiger partial charge is 0.302 e. The van der Waals surface area contributed by atoms with Gasteiger partial charge in [0, 0.05) is 34.5 Å². The zero-order chi connectivity index (χ0) is 15.7. The first-order valence-electron chi connectivity index (χ1n) is 7.34. The minimum absolute atomic E-state index is 0.000746. The molecule has 0 aromatic heterocycles. The van der Waals surface area contributed by atoms with Gasteiger partial charge < -0.3 is 5.32 Å². The van der Waals surface area contributed by atoms with Gasteiger partial charge in [0.2, 0.25) is 0 Å². The first-order valence-corrected chi connectivity index (χ1v) is 8.10. The molecule has 1 heterocycles. The van der Waals surface area contributed by atoms with Crippen molar-refractivity contribution in [3.63, 3.8) is 0 Å². The van der Waals surface area contributed by atoms with Crippen LogP contribution in [0.1, 0.15) is 36.6 Å². The van der Waals surface area contributed by atoms with Crippen molar-refractivity contribution in [2.75, 3.05) is 0 Å². The molecule has 4 heteroatoms. The van der Waals surface area contributed by atoms with Crippen molar-refractivity contribution >= 4 is 29.0 Å². The van der Waals surface area contributed by atoms with Crippen LogP contribution in [0.4, 0.5) is 0 Å². The number of Topliss-reactive ketones (excluding diaryl/α,β-unsaturated/α-hetero) is 1. The number of rotatable bonds is 2. The number of benzene rings is 2. The maximum atomic E-state index is 12.4. The molecule has 1 aliphatic rings. The van der Waals surface area contributed by atoms with Crippen LogP contribution in [0.25, 0.3) is 0 Å². The number of carbonyl (C=O) groups excluding carboxylic acids is 1. The molecule has 1 fully saturated rings. The summed E-state index contributed by atoms with van der Waals surface area (Å²) in [4.78, 5) is 12.4. The van der Waals surface area contributed by atoms with Crippen molar-refractivity contribution in [2.45, 2.75) is 25.4 Å². The van der Waals surface area contributed by atoms with Crippen LogP contribution in [0.5, 0.6) is 0 Å². The van der Waals surface area contributed by atoms with E-state index in [-0.39, 0.29) is 23.8 Å². The molecule has 2 nitrogen and oxygen atoms in total. The van der Waals surface area contributed by atoms with Gasteiger partial charge in [-0.15, -0.1) is 0 Å². The molecule has 2 aromatic carbocycles. The molecule has 0 spiro atoms. The Bertz CT molecular complexity index is 666. The van der Waals surface area contributed by atoms with E-state index >= 15 is 0 Å². The lowest BCUT2D eigenvalue weighted by Crippen LogP contribution is -2.41. The highest BCUT2D eigenvalue weighted by molar-refractivity contribution is 6.30. The number of hydrogen-bond donors (Lipinski definition) is 1. The maximum Gasteiger partial charge on any atom is 0.139 e. The van der Waals surface area contributed by atoms with Crippen LogP contribution in [0, 0.1) is 5.92 Å². The summed E-state index contributed by atoms with van der Waals surface area (Å²) in [5, 5.41) is 5.00. The van der Waals surface area contributed by atoms with E-state index in [0.717, 1.165) is 11.1 Å². The van der Waals surface area contributed by atoms with E-state index in [1.54, 1.807) is 0 Å². The second kappa shape index (κ2) is 6.41. The second-order valence-electron chi connectivity index (χ2n) is 5.76. The van der Waals surface area contributed by atoms with E-state index in [0.29, 0.717) is 16.5 Å². The van der Waals surface area contributed by atoms with Crippen LogP contribution in [0.15, 0.2) is 48.5 Å². The van der Waals surface area contributed by atoms with Gasteiger partial charge in [0.05, 0.1) is 0 Å². The van der Waals surface area contributed by atoms with Gasteiger partial charge in [0.25, 0.3) is 0 Å². The Morgan fingerprint density at radius 1 is 0.909 bits per heavy atom. The smallest absolute Gasteiger partial charge is 0.139 e. The number of piperidine rings is 1. The van der Waals surface area contributed by atoms with Crippen molar-refractivity contribution in [3.8, 4) is 0 Å². The second-order valence-corrected chi connectivity index (χ2v) is 6.63. The SMILES string of the molecule is C[C@H]1C(=O)C[C@H](c2ccc(Cl)cc2)N[C@@H]1c1ccc(Cl)cc1. The Morgan fingerprint density at radius 3 is 1.95 bits per heavy atom. The van der Waals surface area contributed by atoms with Gasteiger partial charge in [0.1, 0.15) is 5.78 Å². The predicted octanol–water partition coefficient (Wildman–Crippen LogP) is 4.97. The first-order chi connectivity index (χ1) is 10.5. The Labute approximate surface area is 140 Å². The van der Waals surface area contributed by atoms with Gasteiger partial charge in [0.15, 0.2) is 0 Å². The van der Waals surface area contributed by atoms with E-state index in [2.05, 4.69) is 5.32 Å². The lowest BCUT2D eigenvalue weighted by atomic mass is 9.82. The third kappa shape index (κ3) is 3.19. The summed E-state index contributed by atoms with van der Waals surface area (Å²) in [6.07, 6.45) is 0.507. The van der Waals surface area contributed by atoms with Crippen LogP contribution in [-0.2, 0) is 4.79 Å². The van der Waals surface area contributed by atoms with E-state index in [1.807, 2.05) is 55.5 Å². The van der Waals surface area contributed by atoms with Crippen LogP contribution < -0.4 is 5.32 Å². The number of carbonyl (C=O) groups is 1. The minimum atomic E-state index is -0.0512. The summed E-state index contributed by atoms with van der Waals surface area (Å²) in [7, 11) is 0. The van der Waals surface area contributed by atoms with Crippen LogP contribution in [0.2, 0.25) is 10.0 Å². The highest BCUT2D eigenvalue weighted by atomic mass is 35.5. The highest BCUT2D eigenvalue weighted by Gasteiger charge is 2.34. The molecule has 0 amide bonds. The van der Waals surface area contributed by atoms with Crippen LogP contribution in [0.3, 0.4) is 0 Å². The molecule has 0 bridgehead atoms. The maximum absolute atomic E-state index is 12.4. The molecule has 2 aromatic rings. The fourth-order valence-corrected chi connectivity index (χ4v) is 3.21. The van der Waals surface area contributed by atoms with Crippen molar-refractivity contribution in [2.24, 2.45) is 5.92 Å². The molecule has 0 unspecified atom stereocenters. The molecular weight excluding hydrogens is 317 g/mol. The number of halogens is 2. The summed E-state index contributed by atoms with van der Waals surface area (Å²) >= 11 is 11.9. The summed E-state index contributed by atoms with van der Waals surface area (Å²) < 4.78 is 0. The molecule has 1 N–H and O–H groups in total. The molecule has 0 aliphatic carbocycles. The van der Waals surface area contributed by atoms with Crippen LogP contribution >= 0.6 is 23.2 Å². The average Bonchev–Trinajstić information content (AvgIpc) is 2.52. The van der Waals surface area contributed by atoms with E-state index in [1.165, 1.54) is 0 Å². The van der Waals surface area contributed by atoms with Crippen molar-refractivity contribution in [1.82, 2.24) is 5.32 Å². The van der Waals surface area contributed by atoms with E-state index in [9.17, 15) is 4.79 Å². The fraction of sp³-hybridized carbons (Fsp3) is 0.278. The van der Waals surface area contributed by atoms with Crippen molar-refractivity contribution in [1.29, 1.82) is 0 Å². The molecule has 22 heavy (non-hydrogen) atoms. The summed E-state index contributed by atoms with van der Waals surface area (Å²) in [5.41, 5.74) is 2.17. The van der Waals surface area contributed by atoms with Crippen LogP contribution in [-0.4, -0.2) is 5.78 Å². The third-order valence-electron chi connectivity index (χ3n) is 4.30. The van der Waals surface area contributed by atoms with E-state index < -0.39 is 0 Å². The molecule has 1 saturated heterocycles. The molecule has 1 aliphatic heterocycles. The quantitative estimate of drug-likeness (QED) is 0.840. The molecule has 0 saturated carbocycles. The average molecular weight is 334 g/mol. The molecule has 114 valence electrons. The monoisotopic (exact) mass is 333 g/mol. The minimum Gasteiger partial charge on any atom is -0.302 e. The van der Waals surface area contributed by atoms with E-state index in [4.69, 9.17) is 23.2 Å². The standard InChI is InChI=1S/C18H17Cl2NO/c1-11-17(22)10-16(12-2-6-14(19)7-3-12)21-18(11)13-4-8-15(20)9-5-13/h2-9,11,16,18,21H,10H2,1H3/t11-,16+,18-/m0/s1. The number of hydrogen-bond acceptors (Lipinski definition) is 2. The van der Waals surface area contributed by atoms with Crippen molar-refractivity contribution in [3.05, 3.63) is 69.7 Å². The Kier molecular flexibility index (Phi) is 4.53. The number of nitrogens with one attached hydrogen (secondary N) is 1. The Morgan fingerprint density at radius 2 is 1.41 bits per heavy atom. The lowest BCUT2D eigenvalue weighted by molar-refractivity contribution is -0.126. The van der Waals surface area contributed by atoms with Gasteiger partial charge in [-0.05, 0) is 35.4 Å². The first kappa shape index (κ1) is 15.5. The Balaban J connectivity index is 1.88. The zero-order valence-corrected chi connectivity index (χ0v) is 13.7. The highest BCUT2D eigenvalue weighted by Crippen LogP contribution is 2.35. The normalized spacial score (nSPS) is 25.2. The van der Waals surface area contributed by atoms with Gasteiger partial charge in [-0.1, -0.05) is 54.4 Å². The zero-order valence-electron chi connectivity index (χ0n) is 12.2. The molecule has 0 radical (unpaired) electrons. The summed E-state index contributed by atoms with van der Waals surface area (Å²) in [6.45, 7) is 1.98.